The van der Waals surface area contributed by atoms with Gasteiger partial charge in [0.05, 0.1) is 17.5 Å². The Morgan fingerprint density at radius 3 is 2.33 bits per heavy atom. The zero-order valence-corrected chi connectivity index (χ0v) is 16.3. The predicted octanol–water partition coefficient (Wildman–Crippen LogP) is 1.29. The molecule has 0 fully saturated rings. The lowest BCUT2D eigenvalue weighted by Gasteiger charge is -2.28. The quantitative estimate of drug-likeness (QED) is 0.418. The van der Waals surface area contributed by atoms with E-state index in [4.69, 9.17) is 23.0 Å². The van der Waals surface area contributed by atoms with Gasteiger partial charge in [-0.25, -0.2) is 14.8 Å². The number of nitrogens with two attached hydrogens (primary N) is 2. The second kappa shape index (κ2) is 8.59. The van der Waals surface area contributed by atoms with Crippen molar-refractivity contribution in [3.8, 4) is 12.3 Å². The number of rotatable bonds is 6. The molecule has 0 saturated heterocycles. The molecule has 1 aromatic carbocycles. The van der Waals surface area contributed by atoms with E-state index in [0.717, 1.165) is 0 Å². The Balaban J connectivity index is 0.00000320. The molecular formula is C19H17ClN6O4. The minimum atomic E-state index is -1.54. The van der Waals surface area contributed by atoms with Crippen LogP contribution in [0.5, 0.6) is 0 Å². The molecule has 0 bridgehead atoms. The van der Waals surface area contributed by atoms with E-state index in [0.29, 0.717) is 11.3 Å². The maximum atomic E-state index is 12.3. The zero-order chi connectivity index (χ0) is 21.2. The summed E-state index contributed by atoms with van der Waals surface area (Å²) in [6.07, 6.45) is 6.57. The highest BCUT2D eigenvalue weighted by Crippen LogP contribution is 2.33. The molecule has 1 atom stereocenters. The van der Waals surface area contributed by atoms with E-state index in [1.807, 2.05) is 0 Å². The van der Waals surface area contributed by atoms with Gasteiger partial charge < -0.3 is 21.7 Å². The van der Waals surface area contributed by atoms with Crippen LogP contribution in [0.4, 0.5) is 11.8 Å². The number of aliphatic carboxylic acids is 1. The van der Waals surface area contributed by atoms with Crippen molar-refractivity contribution in [3.63, 3.8) is 0 Å². The maximum Gasteiger partial charge on any atom is 0.335 e. The van der Waals surface area contributed by atoms with Crippen LogP contribution >= 0.6 is 12.4 Å². The van der Waals surface area contributed by atoms with Crippen molar-refractivity contribution in [2.45, 2.75) is 18.3 Å². The number of anilines is 2. The van der Waals surface area contributed by atoms with Crippen molar-refractivity contribution in [1.29, 1.82) is 0 Å². The van der Waals surface area contributed by atoms with Gasteiger partial charge in [-0.2, -0.15) is 9.97 Å². The van der Waals surface area contributed by atoms with E-state index in [1.165, 1.54) is 30.5 Å². The molecule has 30 heavy (non-hydrogen) atoms. The Bertz CT molecular complexity index is 1160. The zero-order valence-electron chi connectivity index (χ0n) is 15.4. The number of carboxylic acids is 2. The maximum absolute atomic E-state index is 12.3. The number of aromatic carboxylic acids is 1. The van der Waals surface area contributed by atoms with Gasteiger partial charge in [0.2, 0.25) is 5.95 Å². The topological polar surface area (TPSA) is 178 Å². The van der Waals surface area contributed by atoms with Gasteiger partial charge in [-0.05, 0) is 17.7 Å². The number of benzene rings is 1. The standard InChI is InChI=1S/C19H16N6O4.ClH/c1-2-7-19(17(28)29,11-5-3-10(4-6-11)16(26)27)8-12-9-22-15-13(23-12)14(20)24-18(21)25-15;/h1,3-6,9H,7-8H2,(H,26,27)(H,28,29)(H4,20,21,22,24,25);1H. The van der Waals surface area contributed by atoms with E-state index < -0.39 is 17.4 Å². The molecule has 3 aromatic rings. The fraction of sp³-hybridized carbons (Fsp3) is 0.158. The van der Waals surface area contributed by atoms with Gasteiger partial charge in [-0.1, -0.05) is 12.1 Å². The summed E-state index contributed by atoms with van der Waals surface area (Å²) in [5.41, 5.74) is 10.9. The van der Waals surface area contributed by atoms with Gasteiger partial charge in [0.15, 0.2) is 17.0 Å². The van der Waals surface area contributed by atoms with Crippen LogP contribution in [-0.4, -0.2) is 42.1 Å². The lowest BCUT2D eigenvalue weighted by molar-refractivity contribution is -0.143. The number of nitrogen functional groups attached to an aromatic ring is 2. The molecule has 2 aromatic heterocycles. The summed E-state index contributed by atoms with van der Waals surface area (Å²) in [5.74, 6) is 0.0574. The molecular weight excluding hydrogens is 412 g/mol. The molecule has 0 aliphatic rings. The number of aromatic nitrogens is 4. The minimum Gasteiger partial charge on any atom is -0.481 e. The first-order chi connectivity index (χ1) is 13.8. The summed E-state index contributed by atoms with van der Waals surface area (Å²) in [5, 5.41) is 19.1. The fourth-order valence-electron chi connectivity index (χ4n) is 3.02. The van der Waals surface area contributed by atoms with Gasteiger partial charge in [0, 0.05) is 12.8 Å². The first-order valence-corrected chi connectivity index (χ1v) is 8.32. The van der Waals surface area contributed by atoms with E-state index in [1.54, 1.807) is 0 Å². The molecule has 0 aliphatic heterocycles. The van der Waals surface area contributed by atoms with Crippen LogP contribution in [0.3, 0.4) is 0 Å². The summed E-state index contributed by atoms with van der Waals surface area (Å²) in [7, 11) is 0. The van der Waals surface area contributed by atoms with Crippen molar-refractivity contribution in [1.82, 2.24) is 19.9 Å². The lowest BCUT2D eigenvalue weighted by Crippen LogP contribution is -2.38. The molecule has 154 valence electrons. The molecule has 11 heteroatoms. The second-order valence-corrected chi connectivity index (χ2v) is 6.33. The molecule has 0 saturated carbocycles. The first-order valence-electron chi connectivity index (χ1n) is 8.32. The Hall–Kier alpha value is -3.97. The van der Waals surface area contributed by atoms with Crippen LogP contribution in [0.25, 0.3) is 11.2 Å². The van der Waals surface area contributed by atoms with Crippen LogP contribution in [0, 0.1) is 12.3 Å². The monoisotopic (exact) mass is 428 g/mol. The van der Waals surface area contributed by atoms with Crippen molar-refractivity contribution in [2.24, 2.45) is 0 Å². The van der Waals surface area contributed by atoms with Gasteiger partial charge in [0.1, 0.15) is 5.41 Å². The van der Waals surface area contributed by atoms with Crippen molar-refractivity contribution < 1.29 is 19.8 Å². The Kier molecular flexibility index (Phi) is 6.39. The SMILES string of the molecule is C#CCC(Cc1cnc2nc(N)nc(N)c2n1)(C(=O)O)c1ccc(C(=O)O)cc1.Cl. The molecule has 6 N–H and O–H groups in total. The van der Waals surface area contributed by atoms with Crippen LogP contribution in [-0.2, 0) is 16.6 Å². The summed E-state index contributed by atoms with van der Waals surface area (Å²) >= 11 is 0. The highest BCUT2D eigenvalue weighted by molar-refractivity contribution is 5.88. The van der Waals surface area contributed by atoms with Crippen LogP contribution in [0.1, 0.15) is 28.0 Å². The number of hydrogen-bond donors (Lipinski definition) is 4. The molecule has 0 spiro atoms. The van der Waals surface area contributed by atoms with Gasteiger partial charge >= 0.3 is 11.9 Å². The number of carbonyl (C=O) groups is 2. The fourth-order valence-corrected chi connectivity index (χ4v) is 3.02. The number of halogens is 1. The summed E-state index contributed by atoms with van der Waals surface area (Å²) in [6.45, 7) is 0. The van der Waals surface area contributed by atoms with E-state index in [9.17, 15) is 14.7 Å². The number of carboxylic acid groups (broad SMARTS) is 2. The number of hydrogen-bond acceptors (Lipinski definition) is 8. The second-order valence-electron chi connectivity index (χ2n) is 6.33. The number of terminal acetylenes is 1. The third-order valence-electron chi connectivity index (χ3n) is 4.48. The van der Waals surface area contributed by atoms with Crippen molar-refractivity contribution >= 4 is 47.3 Å². The third kappa shape index (κ3) is 4.06. The number of nitrogens with zero attached hydrogens (tertiary/aromatic N) is 4. The Morgan fingerprint density at radius 2 is 1.77 bits per heavy atom. The Morgan fingerprint density at radius 1 is 1.10 bits per heavy atom. The minimum absolute atomic E-state index is 0. The van der Waals surface area contributed by atoms with E-state index in [2.05, 4.69) is 25.9 Å². The van der Waals surface area contributed by atoms with Gasteiger partial charge in [-0.15, -0.1) is 24.8 Å². The highest BCUT2D eigenvalue weighted by Gasteiger charge is 2.40. The molecule has 0 radical (unpaired) electrons. The smallest absolute Gasteiger partial charge is 0.335 e. The number of fused-ring (bicyclic) bond motifs is 1. The van der Waals surface area contributed by atoms with Crippen LogP contribution in [0.15, 0.2) is 30.5 Å². The predicted molar refractivity (Wildman–Crippen MR) is 111 cm³/mol. The van der Waals surface area contributed by atoms with Crippen LogP contribution in [0.2, 0.25) is 0 Å². The molecule has 1 unspecified atom stereocenters. The van der Waals surface area contributed by atoms with Crippen molar-refractivity contribution in [3.05, 3.63) is 47.3 Å². The summed E-state index contributed by atoms with van der Waals surface area (Å²) in [6, 6.07) is 5.52. The average molecular weight is 429 g/mol. The average Bonchev–Trinajstić information content (AvgIpc) is 2.68. The largest absolute Gasteiger partial charge is 0.481 e. The molecule has 10 nitrogen and oxygen atoms in total. The van der Waals surface area contributed by atoms with Gasteiger partial charge in [0.25, 0.3) is 0 Å². The lowest BCUT2D eigenvalue weighted by atomic mass is 9.74. The third-order valence-corrected chi connectivity index (χ3v) is 4.48. The molecule has 2 heterocycles. The molecule has 0 amide bonds. The molecule has 3 rings (SSSR count). The van der Waals surface area contributed by atoms with E-state index in [-0.39, 0.29) is 53.7 Å². The summed E-state index contributed by atoms with van der Waals surface area (Å²) < 4.78 is 0. The highest BCUT2D eigenvalue weighted by atomic mass is 35.5. The van der Waals surface area contributed by atoms with Crippen LogP contribution < -0.4 is 11.5 Å². The van der Waals surface area contributed by atoms with Gasteiger partial charge in [-0.3, -0.25) is 4.79 Å². The molecule has 0 aliphatic carbocycles. The van der Waals surface area contributed by atoms with Crippen molar-refractivity contribution in [2.75, 3.05) is 11.5 Å². The Labute approximate surface area is 176 Å². The first kappa shape index (κ1) is 22.3. The summed E-state index contributed by atoms with van der Waals surface area (Å²) in [4.78, 5) is 39.6. The normalized spacial score (nSPS) is 12.4. The van der Waals surface area contributed by atoms with E-state index >= 15 is 0 Å².